The summed E-state index contributed by atoms with van der Waals surface area (Å²) in [7, 11) is 0.333. The standard InChI is InChI=1S/C19H24N2O5S/c1-24-15-2-5-17(6-3-15)27(23)14-16-4-7-18(26-16)19(22)20-8-9-21-10-12-25-13-11-21/h2-7H,8-14H2,1H3,(H,20,22). The first-order valence-corrected chi connectivity index (χ1v) is 10.2. The highest BCUT2D eigenvalue weighted by atomic mass is 32.2. The van der Waals surface area contributed by atoms with E-state index in [1.807, 2.05) is 0 Å². The summed E-state index contributed by atoms with van der Waals surface area (Å²) in [5, 5.41) is 2.85. The Morgan fingerprint density at radius 3 is 2.63 bits per heavy atom. The zero-order valence-electron chi connectivity index (χ0n) is 15.3. The summed E-state index contributed by atoms with van der Waals surface area (Å²) < 4.78 is 28.4. The second-order valence-corrected chi connectivity index (χ2v) is 7.59. The van der Waals surface area contributed by atoms with Gasteiger partial charge in [0.2, 0.25) is 0 Å². The molecule has 1 N–H and O–H groups in total. The molecule has 0 bridgehead atoms. The molecule has 146 valence electrons. The van der Waals surface area contributed by atoms with Crippen LogP contribution in [0.1, 0.15) is 16.3 Å². The molecule has 1 aromatic carbocycles. The Hall–Kier alpha value is -2.16. The summed E-state index contributed by atoms with van der Waals surface area (Å²) in [6.45, 7) is 4.58. The molecular weight excluding hydrogens is 368 g/mol. The zero-order chi connectivity index (χ0) is 19.1. The number of hydrogen-bond acceptors (Lipinski definition) is 6. The number of benzene rings is 1. The summed E-state index contributed by atoms with van der Waals surface area (Å²) >= 11 is 0. The molecule has 2 heterocycles. The second-order valence-electron chi connectivity index (χ2n) is 6.14. The smallest absolute Gasteiger partial charge is 0.287 e. The van der Waals surface area contributed by atoms with Crippen LogP contribution in [0.3, 0.4) is 0 Å². The van der Waals surface area contributed by atoms with Gasteiger partial charge in [-0.1, -0.05) is 0 Å². The fourth-order valence-corrected chi connectivity index (χ4v) is 3.78. The SMILES string of the molecule is COc1ccc(S(=O)Cc2ccc(C(=O)NCCN3CCOCC3)o2)cc1. The highest BCUT2D eigenvalue weighted by Gasteiger charge is 2.15. The van der Waals surface area contributed by atoms with E-state index in [-0.39, 0.29) is 17.4 Å². The lowest BCUT2D eigenvalue weighted by Crippen LogP contribution is -2.41. The van der Waals surface area contributed by atoms with Crippen molar-refractivity contribution >= 4 is 16.7 Å². The van der Waals surface area contributed by atoms with Crippen LogP contribution in [0.4, 0.5) is 0 Å². The molecule has 0 aliphatic carbocycles. The van der Waals surface area contributed by atoms with Gasteiger partial charge in [-0.2, -0.15) is 0 Å². The van der Waals surface area contributed by atoms with E-state index in [1.54, 1.807) is 43.5 Å². The van der Waals surface area contributed by atoms with Gasteiger partial charge in [0.25, 0.3) is 5.91 Å². The van der Waals surface area contributed by atoms with Crippen molar-refractivity contribution in [1.29, 1.82) is 0 Å². The third-order valence-corrected chi connectivity index (χ3v) is 5.64. The minimum atomic E-state index is -1.25. The Balaban J connectivity index is 1.47. The molecule has 1 amide bonds. The van der Waals surface area contributed by atoms with Crippen LogP contribution in [0.15, 0.2) is 45.7 Å². The van der Waals surface area contributed by atoms with Gasteiger partial charge in [0.1, 0.15) is 11.5 Å². The lowest BCUT2D eigenvalue weighted by molar-refractivity contribution is 0.0382. The second kappa shape index (κ2) is 9.68. The van der Waals surface area contributed by atoms with Crippen molar-refractivity contribution in [2.24, 2.45) is 0 Å². The lowest BCUT2D eigenvalue weighted by atomic mass is 10.3. The van der Waals surface area contributed by atoms with Crippen molar-refractivity contribution in [3.8, 4) is 5.75 Å². The molecule has 0 radical (unpaired) electrons. The van der Waals surface area contributed by atoms with E-state index < -0.39 is 10.8 Å². The Bertz CT molecular complexity index is 769. The third-order valence-electron chi connectivity index (χ3n) is 4.30. The van der Waals surface area contributed by atoms with Crippen LogP contribution in [0.25, 0.3) is 0 Å². The van der Waals surface area contributed by atoms with E-state index in [0.717, 1.165) is 32.8 Å². The molecule has 1 saturated heterocycles. The van der Waals surface area contributed by atoms with Gasteiger partial charge in [0, 0.05) is 31.1 Å². The van der Waals surface area contributed by atoms with E-state index >= 15 is 0 Å². The summed E-state index contributed by atoms with van der Waals surface area (Å²) in [6.07, 6.45) is 0. The van der Waals surface area contributed by atoms with Gasteiger partial charge in [-0.3, -0.25) is 13.9 Å². The molecule has 8 heteroatoms. The number of nitrogens with one attached hydrogen (secondary N) is 1. The predicted molar refractivity (Wildman–Crippen MR) is 101 cm³/mol. The van der Waals surface area contributed by atoms with Gasteiger partial charge in [-0.15, -0.1) is 0 Å². The molecule has 1 atom stereocenters. The van der Waals surface area contributed by atoms with Crippen LogP contribution in [0.2, 0.25) is 0 Å². The minimum absolute atomic E-state index is 0.216. The molecule has 0 spiro atoms. The highest BCUT2D eigenvalue weighted by molar-refractivity contribution is 7.84. The van der Waals surface area contributed by atoms with Crippen LogP contribution in [-0.2, 0) is 21.3 Å². The van der Waals surface area contributed by atoms with Gasteiger partial charge >= 0.3 is 0 Å². The number of methoxy groups -OCH3 is 1. The van der Waals surface area contributed by atoms with Crippen molar-refractivity contribution in [3.63, 3.8) is 0 Å². The molecular formula is C19H24N2O5S. The Morgan fingerprint density at radius 1 is 1.19 bits per heavy atom. The Labute approximate surface area is 161 Å². The fraction of sp³-hybridized carbons (Fsp3) is 0.421. The van der Waals surface area contributed by atoms with E-state index in [4.69, 9.17) is 13.9 Å². The minimum Gasteiger partial charge on any atom is -0.497 e. The highest BCUT2D eigenvalue weighted by Crippen LogP contribution is 2.18. The maximum atomic E-state index is 12.4. The molecule has 2 aromatic rings. The summed E-state index contributed by atoms with van der Waals surface area (Å²) in [5.41, 5.74) is 0. The summed E-state index contributed by atoms with van der Waals surface area (Å²) in [6, 6.07) is 10.4. The molecule has 1 aliphatic heterocycles. The zero-order valence-corrected chi connectivity index (χ0v) is 16.1. The van der Waals surface area contributed by atoms with Gasteiger partial charge in [-0.05, 0) is 36.4 Å². The lowest BCUT2D eigenvalue weighted by Gasteiger charge is -2.26. The molecule has 7 nitrogen and oxygen atoms in total. The number of ether oxygens (including phenoxy) is 2. The quantitative estimate of drug-likeness (QED) is 0.736. The topological polar surface area (TPSA) is 81.0 Å². The number of carbonyl (C=O) groups excluding carboxylic acids is 1. The number of rotatable bonds is 8. The van der Waals surface area contributed by atoms with Gasteiger partial charge in [0.05, 0.1) is 36.9 Å². The summed E-state index contributed by atoms with van der Waals surface area (Å²) in [5.74, 6) is 1.42. The third kappa shape index (κ3) is 5.66. The van der Waals surface area contributed by atoms with E-state index in [1.165, 1.54) is 0 Å². The largest absolute Gasteiger partial charge is 0.497 e. The number of morpholine rings is 1. The van der Waals surface area contributed by atoms with Crippen LogP contribution < -0.4 is 10.1 Å². The molecule has 0 saturated carbocycles. The van der Waals surface area contributed by atoms with E-state index in [2.05, 4.69) is 10.2 Å². The maximum absolute atomic E-state index is 12.4. The number of carbonyl (C=O) groups is 1. The van der Waals surface area contributed by atoms with Crippen molar-refractivity contribution < 1.29 is 22.9 Å². The molecule has 27 heavy (non-hydrogen) atoms. The Morgan fingerprint density at radius 2 is 1.93 bits per heavy atom. The van der Waals surface area contributed by atoms with E-state index in [0.29, 0.717) is 22.9 Å². The molecule has 1 unspecified atom stereocenters. The average Bonchev–Trinajstić information content (AvgIpc) is 3.17. The van der Waals surface area contributed by atoms with Crippen molar-refractivity contribution in [1.82, 2.24) is 10.2 Å². The molecule has 1 aliphatic rings. The first-order valence-electron chi connectivity index (χ1n) is 8.85. The van der Waals surface area contributed by atoms with Gasteiger partial charge in [-0.25, -0.2) is 0 Å². The van der Waals surface area contributed by atoms with Gasteiger partial charge < -0.3 is 19.2 Å². The van der Waals surface area contributed by atoms with Crippen LogP contribution in [0, 0.1) is 0 Å². The van der Waals surface area contributed by atoms with Crippen LogP contribution in [0.5, 0.6) is 5.75 Å². The maximum Gasteiger partial charge on any atom is 0.287 e. The number of hydrogen-bond donors (Lipinski definition) is 1. The van der Waals surface area contributed by atoms with Crippen LogP contribution in [-0.4, -0.2) is 61.5 Å². The van der Waals surface area contributed by atoms with Crippen molar-refractivity contribution in [2.75, 3.05) is 46.5 Å². The Kier molecular flexibility index (Phi) is 7.03. The molecule has 3 rings (SSSR count). The van der Waals surface area contributed by atoms with Crippen molar-refractivity contribution in [2.45, 2.75) is 10.6 Å². The number of amides is 1. The van der Waals surface area contributed by atoms with Gasteiger partial charge in [0.15, 0.2) is 5.76 Å². The number of furan rings is 1. The van der Waals surface area contributed by atoms with Crippen molar-refractivity contribution in [3.05, 3.63) is 47.9 Å². The predicted octanol–water partition coefficient (Wildman–Crippen LogP) is 1.66. The first kappa shape index (κ1) is 19.6. The average molecular weight is 392 g/mol. The summed E-state index contributed by atoms with van der Waals surface area (Å²) in [4.78, 5) is 15.1. The normalized spacial score (nSPS) is 16.0. The number of nitrogens with zero attached hydrogens (tertiary/aromatic N) is 1. The van der Waals surface area contributed by atoms with Crippen LogP contribution >= 0.6 is 0 Å². The molecule has 1 aromatic heterocycles. The van der Waals surface area contributed by atoms with E-state index in [9.17, 15) is 9.00 Å². The monoisotopic (exact) mass is 392 g/mol. The fourth-order valence-electron chi connectivity index (χ4n) is 2.76. The molecule has 1 fully saturated rings. The first-order chi connectivity index (χ1) is 13.2.